The molecular weight excluding hydrogens is 214 g/mol. The number of nitrogens with one attached hydrogen (secondary N) is 1. The van der Waals surface area contributed by atoms with Gasteiger partial charge in [0, 0.05) is 12.1 Å². The summed E-state index contributed by atoms with van der Waals surface area (Å²) in [6.07, 6.45) is 2.43. The van der Waals surface area contributed by atoms with Crippen LogP contribution in [0.4, 0.5) is 5.69 Å². The molecule has 0 radical (unpaired) electrons. The Morgan fingerprint density at radius 3 is 2.40 bits per heavy atom. The highest BCUT2D eigenvalue weighted by molar-refractivity contribution is 6.32. The van der Waals surface area contributed by atoms with Gasteiger partial charge in [0.2, 0.25) is 0 Å². The van der Waals surface area contributed by atoms with Crippen LogP contribution in [0.2, 0.25) is 5.02 Å². The number of hydrogen-bond acceptors (Lipinski definition) is 3. The molecule has 0 amide bonds. The number of anilines is 1. The van der Waals surface area contributed by atoms with Crippen LogP contribution in [-0.4, -0.2) is 20.3 Å². The van der Waals surface area contributed by atoms with Gasteiger partial charge in [0.15, 0.2) is 0 Å². The van der Waals surface area contributed by atoms with Crippen LogP contribution < -0.4 is 14.8 Å². The molecule has 1 saturated carbocycles. The first-order valence-electron chi connectivity index (χ1n) is 4.92. The third-order valence-electron chi connectivity index (χ3n) is 2.41. The summed E-state index contributed by atoms with van der Waals surface area (Å²) in [5, 5.41) is 3.96. The topological polar surface area (TPSA) is 30.5 Å². The van der Waals surface area contributed by atoms with Gasteiger partial charge in [-0.05, 0) is 18.9 Å². The van der Waals surface area contributed by atoms with Crippen LogP contribution in [0.15, 0.2) is 12.1 Å². The van der Waals surface area contributed by atoms with E-state index in [4.69, 9.17) is 21.1 Å². The van der Waals surface area contributed by atoms with E-state index in [0.717, 1.165) is 11.4 Å². The van der Waals surface area contributed by atoms with Gasteiger partial charge in [0.05, 0.1) is 24.9 Å². The zero-order chi connectivity index (χ0) is 10.8. The van der Waals surface area contributed by atoms with Crippen molar-refractivity contribution in [3.63, 3.8) is 0 Å². The molecule has 1 aromatic carbocycles. The summed E-state index contributed by atoms with van der Waals surface area (Å²) in [6.45, 7) is 0. The van der Waals surface area contributed by atoms with Gasteiger partial charge in [-0.25, -0.2) is 0 Å². The van der Waals surface area contributed by atoms with Gasteiger partial charge in [0.25, 0.3) is 0 Å². The second kappa shape index (κ2) is 4.19. The Hall–Kier alpha value is -1.09. The minimum absolute atomic E-state index is 0.573. The Balaban J connectivity index is 2.29. The summed E-state index contributed by atoms with van der Waals surface area (Å²) < 4.78 is 10.4. The van der Waals surface area contributed by atoms with Crippen molar-refractivity contribution in [3.05, 3.63) is 17.2 Å². The third-order valence-corrected chi connectivity index (χ3v) is 2.71. The van der Waals surface area contributed by atoms with E-state index in [1.807, 2.05) is 6.07 Å². The zero-order valence-electron chi connectivity index (χ0n) is 8.84. The monoisotopic (exact) mass is 227 g/mol. The molecule has 0 spiro atoms. The molecule has 2 rings (SSSR count). The molecule has 0 bridgehead atoms. The van der Waals surface area contributed by atoms with Crippen molar-refractivity contribution >= 4 is 17.3 Å². The number of methoxy groups -OCH3 is 2. The van der Waals surface area contributed by atoms with E-state index < -0.39 is 0 Å². The normalized spacial score (nSPS) is 14.9. The maximum atomic E-state index is 6.04. The summed E-state index contributed by atoms with van der Waals surface area (Å²) in [6, 6.07) is 4.22. The molecule has 4 heteroatoms. The van der Waals surface area contributed by atoms with Gasteiger partial charge in [-0.15, -0.1) is 0 Å². The van der Waals surface area contributed by atoms with E-state index in [2.05, 4.69) is 5.32 Å². The molecule has 1 aromatic rings. The van der Waals surface area contributed by atoms with E-state index in [1.165, 1.54) is 12.8 Å². The van der Waals surface area contributed by atoms with Crippen molar-refractivity contribution in [3.8, 4) is 11.5 Å². The van der Waals surface area contributed by atoms with Crippen molar-refractivity contribution in [2.24, 2.45) is 0 Å². The highest BCUT2D eigenvalue weighted by Crippen LogP contribution is 2.38. The second-order valence-corrected chi connectivity index (χ2v) is 4.01. The first-order chi connectivity index (χ1) is 7.24. The van der Waals surface area contributed by atoms with Gasteiger partial charge in [-0.2, -0.15) is 0 Å². The van der Waals surface area contributed by atoms with Crippen LogP contribution in [0.1, 0.15) is 12.8 Å². The van der Waals surface area contributed by atoms with E-state index in [9.17, 15) is 0 Å². The summed E-state index contributed by atoms with van der Waals surface area (Å²) in [5.74, 6) is 1.40. The molecule has 3 nitrogen and oxygen atoms in total. The second-order valence-electron chi connectivity index (χ2n) is 3.61. The van der Waals surface area contributed by atoms with Gasteiger partial charge in [-0.3, -0.25) is 0 Å². The fourth-order valence-electron chi connectivity index (χ4n) is 1.42. The lowest BCUT2D eigenvalue weighted by Gasteiger charge is -2.13. The molecule has 1 aliphatic rings. The number of benzene rings is 1. The van der Waals surface area contributed by atoms with Crippen LogP contribution in [0, 0.1) is 0 Å². The predicted molar refractivity (Wildman–Crippen MR) is 61.2 cm³/mol. The Kier molecular flexibility index (Phi) is 2.91. The Morgan fingerprint density at radius 1 is 1.20 bits per heavy atom. The molecule has 82 valence electrons. The molecule has 0 saturated heterocycles. The lowest BCUT2D eigenvalue weighted by molar-refractivity contribution is 0.395. The van der Waals surface area contributed by atoms with Crippen LogP contribution >= 0.6 is 11.6 Å². The molecule has 1 N–H and O–H groups in total. The lowest BCUT2D eigenvalue weighted by atomic mass is 10.2. The van der Waals surface area contributed by atoms with Crippen molar-refractivity contribution in [1.29, 1.82) is 0 Å². The quantitative estimate of drug-likeness (QED) is 0.858. The Bertz CT molecular complexity index is 364. The van der Waals surface area contributed by atoms with Crippen molar-refractivity contribution in [2.75, 3.05) is 19.5 Å². The van der Waals surface area contributed by atoms with Gasteiger partial charge < -0.3 is 14.8 Å². The Labute approximate surface area is 94.3 Å². The lowest BCUT2D eigenvalue weighted by Crippen LogP contribution is -2.03. The highest BCUT2D eigenvalue weighted by Gasteiger charge is 2.22. The van der Waals surface area contributed by atoms with Crippen LogP contribution in [0.3, 0.4) is 0 Å². The molecule has 0 unspecified atom stereocenters. The van der Waals surface area contributed by atoms with Crippen LogP contribution in [-0.2, 0) is 0 Å². The van der Waals surface area contributed by atoms with Crippen LogP contribution in [0.5, 0.6) is 11.5 Å². The van der Waals surface area contributed by atoms with Gasteiger partial charge in [-0.1, -0.05) is 11.6 Å². The molecular formula is C11H14ClNO2. The summed E-state index contributed by atoms with van der Waals surface area (Å²) in [5.41, 5.74) is 0.936. The molecule has 0 heterocycles. The SMILES string of the molecule is COc1cc(OC)c(NC2CC2)cc1Cl. The number of hydrogen-bond donors (Lipinski definition) is 1. The minimum Gasteiger partial charge on any atom is -0.495 e. The number of rotatable bonds is 4. The first-order valence-corrected chi connectivity index (χ1v) is 5.30. The highest BCUT2D eigenvalue weighted by atomic mass is 35.5. The Morgan fingerprint density at radius 2 is 1.87 bits per heavy atom. The molecule has 0 aromatic heterocycles. The fraction of sp³-hybridized carbons (Fsp3) is 0.455. The van der Waals surface area contributed by atoms with Crippen molar-refractivity contribution in [2.45, 2.75) is 18.9 Å². The van der Waals surface area contributed by atoms with Gasteiger partial charge >= 0.3 is 0 Å². The average molecular weight is 228 g/mol. The average Bonchev–Trinajstić information content (AvgIpc) is 3.02. The fourth-order valence-corrected chi connectivity index (χ4v) is 1.66. The van der Waals surface area contributed by atoms with E-state index in [0.29, 0.717) is 16.8 Å². The molecule has 1 fully saturated rings. The number of ether oxygens (including phenoxy) is 2. The summed E-state index contributed by atoms with van der Waals surface area (Å²) >= 11 is 6.04. The smallest absolute Gasteiger partial charge is 0.145 e. The van der Waals surface area contributed by atoms with Gasteiger partial charge in [0.1, 0.15) is 11.5 Å². The molecule has 15 heavy (non-hydrogen) atoms. The first kappa shape index (κ1) is 10.4. The molecule has 0 atom stereocenters. The van der Waals surface area contributed by atoms with E-state index >= 15 is 0 Å². The maximum absolute atomic E-state index is 6.04. The van der Waals surface area contributed by atoms with Crippen molar-refractivity contribution < 1.29 is 9.47 Å². The summed E-state index contributed by atoms with van der Waals surface area (Å²) in [4.78, 5) is 0. The predicted octanol–water partition coefficient (Wildman–Crippen LogP) is 2.93. The maximum Gasteiger partial charge on any atom is 0.145 e. The largest absolute Gasteiger partial charge is 0.495 e. The van der Waals surface area contributed by atoms with E-state index in [-0.39, 0.29) is 0 Å². The van der Waals surface area contributed by atoms with E-state index in [1.54, 1.807) is 20.3 Å². The standard InChI is InChI=1S/C11H14ClNO2/c1-14-10-6-11(15-2)9(5-8(10)12)13-7-3-4-7/h5-7,13H,3-4H2,1-2H3. The molecule has 0 aliphatic heterocycles. The zero-order valence-corrected chi connectivity index (χ0v) is 9.60. The number of halogens is 1. The van der Waals surface area contributed by atoms with Crippen LogP contribution in [0.25, 0.3) is 0 Å². The minimum atomic E-state index is 0.573. The summed E-state index contributed by atoms with van der Waals surface area (Å²) in [7, 11) is 3.23. The third kappa shape index (κ3) is 2.29. The van der Waals surface area contributed by atoms with Crippen molar-refractivity contribution in [1.82, 2.24) is 0 Å². The molecule has 1 aliphatic carbocycles.